The number of nitrogens with zero attached hydrogens (tertiary/aromatic N) is 3. The summed E-state index contributed by atoms with van der Waals surface area (Å²) in [6, 6.07) is 6.84. The zero-order valence-electron chi connectivity index (χ0n) is 25.1. The lowest BCUT2D eigenvalue weighted by atomic mass is 9.73. The first-order valence-electron chi connectivity index (χ1n) is 15.0. The van der Waals surface area contributed by atoms with Crippen LogP contribution in [0.3, 0.4) is 0 Å². The summed E-state index contributed by atoms with van der Waals surface area (Å²) in [6.45, 7) is 4.46. The van der Waals surface area contributed by atoms with Gasteiger partial charge in [-0.15, -0.1) is 0 Å². The molecule has 45 heavy (non-hydrogen) atoms. The Kier molecular flexibility index (Phi) is 10.6. The van der Waals surface area contributed by atoms with Crippen molar-refractivity contribution in [1.82, 2.24) is 20.3 Å². The number of aliphatic hydroxyl groups is 1. The van der Waals surface area contributed by atoms with Crippen LogP contribution >= 0.6 is 0 Å². The van der Waals surface area contributed by atoms with Gasteiger partial charge in [-0.2, -0.15) is 0 Å². The van der Waals surface area contributed by atoms with Crippen LogP contribution in [0.4, 0.5) is 13.2 Å². The van der Waals surface area contributed by atoms with Crippen LogP contribution in [-0.2, 0) is 16.1 Å². The van der Waals surface area contributed by atoms with E-state index in [2.05, 4.69) is 21.7 Å². The number of methoxy groups -OCH3 is 1. The van der Waals surface area contributed by atoms with Crippen molar-refractivity contribution in [2.45, 2.75) is 38.3 Å². The van der Waals surface area contributed by atoms with Crippen molar-refractivity contribution in [1.29, 1.82) is 0 Å². The number of fused-ring (bicyclic) bond motifs is 1. The van der Waals surface area contributed by atoms with Gasteiger partial charge in [-0.3, -0.25) is 24.8 Å². The van der Waals surface area contributed by atoms with Gasteiger partial charge < -0.3 is 14.6 Å². The maximum absolute atomic E-state index is 14.0. The highest BCUT2D eigenvalue weighted by Crippen LogP contribution is 2.40. The maximum atomic E-state index is 14.0. The quantitative estimate of drug-likeness (QED) is 0.142. The number of piperidine rings is 1. The number of hydrogen-bond acceptors (Lipinski definition) is 8. The minimum Gasteiger partial charge on any atom is -0.497 e. The summed E-state index contributed by atoms with van der Waals surface area (Å²) in [5.74, 6) is 1.95. The van der Waals surface area contributed by atoms with Gasteiger partial charge in [0.15, 0.2) is 11.6 Å². The summed E-state index contributed by atoms with van der Waals surface area (Å²) in [4.78, 5) is 21.9. The molecule has 2 aromatic carbocycles. The van der Waals surface area contributed by atoms with E-state index in [0.717, 1.165) is 35.7 Å². The van der Waals surface area contributed by atoms with E-state index in [1.807, 2.05) is 28.6 Å². The molecule has 1 aromatic heterocycles. The van der Waals surface area contributed by atoms with Gasteiger partial charge in [0.05, 0.1) is 49.5 Å². The van der Waals surface area contributed by atoms with Crippen LogP contribution in [0.5, 0.6) is 5.75 Å². The van der Waals surface area contributed by atoms with Gasteiger partial charge in [-0.1, -0.05) is 11.8 Å². The predicted molar refractivity (Wildman–Crippen MR) is 160 cm³/mol. The third-order valence-electron chi connectivity index (χ3n) is 8.84. The molecular weight excluding hydrogens is 589 g/mol. The number of hydrogen-bond donors (Lipinski definition) is 3. The number of morpholine rings is 1. The molecule has 0 spiro atoms. The molecule has 9 nitrogen and oxygen atoms in total. The monoisotopic (exact) mass is 626 g/mol. The number of ether oxygens (including phenoxy) is 2. The second kappa shape index (κ2) is 14.6. The van der Waals surface area contributed by atoms with Gasteiger partial charge in [-0.05, 0) is 61.1 Å². The summed E-state index contributed by atoms with van der Waals surface area (Å²) in [5.41, 5.74) is 2.85. The smallest absolute Gasteiger partial charge is 0.249 e. The van der Waals surface area contributed by atoms with Crippen molar-refractivity contribution in [3.8, 4) is 17.6 Å². The van der Waals surface area contributed by atoms with E-state index < -0.39 is 34.9 Å². The molecule has 2 fully saturated rings. The lowest BCUT2D eigenvalue weighted by Gasteiger charge is -2.40. The Hall–Kier alpha value is -3.73. The van der Waals surface area contributed by atoms with Gasteiger partial charge in [0.1, 0.15) is 11.6 Å². The number of nitrogens with one attached hydrogen (secondary N) is 1. The van der Waals surface area contributed by atoms with E-state index in [4.69, 9.17) is 9.47 Å². The number of halogens is 3. The Morgan fingerprint density at radius 2 is 1.89 bits per heavy atom. The van der Waals surface area contributed by atoms with E-state index in [9.17, 15) is 28.3 Å². The predicted octanol–water partition coefficient (Wildman–Crippen LogP) is 3.95. The average molecular weight is 627 g/mol. The Bertz CT molecular complexity index is 1580. The van der Waals surface area contributed by atoms with Crippen molar-refractivity contribution in [2.75, 3.05) is 53.0 Å². The lowest BCUT2D eigenvalue weighted by molar-refractivity contribution is -0.143. The summed E-state index contributed by atoms with van der Waals surface area (Å²) in [5, 5.41) is 22.1. The zero-order chi connectivity index (χ0) is 32.0. The number of likely N-dealkylation sites (tertiary alicyclic amines) is 1. The molecule has 0 saturated carbocycles. The van der Waals surface area contributed by atoms with E-state index in [1.54, 1.807) is 13.3 Å². The van der Waals surface area contributed by atoms with Crippen molar-refractivity contribution in [3.05, 3.63) is 70.7 Å². The van der Waals surface area contributed by atoms with Crippen LogP contribution in [0.2, 0.25) is 0 Å². The first-order chi connectivity index (χ1) is 21.7. The van der Waals surface area contributed by atoms with Crippen LogP contribution in [0.15, 0.2) is 36.5 Å². The Balaban J connectivity index is 1.31. The van der Waals surface area contributed by atoms with Crippen LogP contribution in [0.1, 0.15) is 48.5 Å². The van der Waals surface area contributed by atoms with Crippen molar-refractivity contribution in [3.63, 3.8) is 0 Å². The number of aliphatic hydroxyl groups excluding tert-OH is 1. The van der Waals surface area contributed by atoms with Crippen LogP contribution < -0.4 is 10.2 Å². The molecule has 2 aliphatic heterocycles. The number of amides is 1. The van der Waals surface area contributed by atoms with Crippen molar-refractivity contribution >= 4 is 16.8 Å². The summed E-state index contributed by atoms with van der Waals surface area (Å²) >= 11 is 0. The highest BCUT2D eigenvalue weighted by Gasteiger charge is 2.41. The number of aromatic nitrogens is 1. The lowest BCUT2D eigenvalue weighted by Crippen LogP contribution is -2.48. The molecule has 1 unspecified atom stereocenters. The SMILES string of the molecule is COc1ccc2ncc(CN3CCOCC3)c(C(O)CCC3(C(=O)NO)CCN(CC#Cc4cc(F)cc(F)c4F)CC3)c2c1. The molecule has 1 atom stereocenters. The third kappa shape index (κ3) is 7.57. The van der Waals surface area contributed by atoms with Crippen LogP contribution in [0.25, 0.3) is 10.9 Å². The molecule has 3 aromatic rings. The van der Waals surface area contributed by atoms with Gasteiger partial charge in [0.2, 0.25) is 5.91 Å². The molecular formula is C33H37F3N4O5. The first kappa shape index (κ1) is 32.7. The Morgan fingerprint density at radius 3 is 2.60 bits per heavy atom. The summed E-state index contributed by atoms with van der Waals surface area (Å²) in [7, 11) is 1.58. The number of carbonyl (C=O) groups is 1. The van der Waals surface area contributed by atoms with Crippen LogP contribution in [0, 0.1) is 34.7 Å². The molecule has 0 aliphatic carbocycles. The number of benzene rings is 2. The number of rotatable bonds is 9. The first-order valence-corrected chi connectivity index (χ1v) is 15.0. The Labute approximate surface area is 259 Å². The van der Waals surface area contributed by atoms with Gasteiger partial charge in [0.25, 0.3) is 0 Å². The van der Waals surface area contributed by atoms with Crippen LogP contribution in [-0.4, -0.2) is 84.1 Å². The standard InChI is InChI=1S/C33H37F3N4O5/c1-44-25-4-5-28-26(19-25)30(23(20-37-28)21-40-13-15-45-16-14-40)29(41)6-7-33(32(42)38-43)8-11-39(12-9-33)10-2-3-22-17-24(34)18-27(35)31(22)36/h4-5,17-20,29,41,43H,6-16,21H2,1H3,(H,38,42). The largest absolute Gasteiger partial charge is 0.497 e. The van der Waals surface area contributed by atoms with Gasteiger partial charge in [-0.25, -0.2) is 18.7 Å². The van der Waals surface area contributed by atoms with Gasteiger partial charge >= 0.3 is 0 Å². The molecule has 2 saturated heterocycles. The molecule has 2 aliphatic rings. The fourth-order valence-electron chi connectivity index (χ4n) is 6.18. The van der Waals surface area contributed by atoms with E-state index in [0.29, 0.717) is 69.4 Å². The molecule has 240 valence electrons. The number of hydroxylamine groups is 1. The molecule has 12 heteroatoms. The molecule has 0 bridgehead atoms. The van der Waals surface area contributed by atoms with Crippen molar-refractivity contribution < 1.29 is 37.8 Å². The summed E-state index contributed by atoms with van der Waals surface area (Å²) < 4.78 is 51.9. The highest BCUT2D eigenvalue weighted by atomic mass is 19.2. The van der Waals surface area contributed by atoms with Gasteiger partial charge in [0, 0.05) is 50.4 Å². The maximum Gasteiger partial charge on any atom is 0.249 e. The second-order valence-corrected chi connectivity index (χ2v) is 11.6. The number of carbonyl (C=O) groups excluding carboxylic acids is 1. The van der Waals surface area contributed by atoms with E-state index >= 15 is 0 Å². The normalized spacial score (nSPS) is 17.8. The number of pyridine rings is 1. The Morgan fingerprint density at radius 1 is 1.13 bits per heavy atom. The molecule has 0 radical (unpaired) electrons. The molecule has 1 amide bonds. The highest BCUT2D eigenvalue weighted by molar-refractivity contribution is 5.85. The van der Waals surface area contributed by atoms with Crippen molar-refractivity contribution in [2.24, 2.45) is 5.41 Å². The molecule has 3 N–H and O–H groups in total. The zero-order valence-corrected chi connectivity index (χ0v) is 25.1. The van der Waals surface area contributed by atoms with E-state index in [-0.39, 0.29) is 18.5 Å². The average Bonchev–Trinajstić information content (AvgIpc) is 3.06. The van der Waals surface area contributed by atoms with E-state index in [1.165, 1.54) is 0 Å². The third-order valence-corrected chi connectivity index (χ3v) is 8.84. The summed E-state index contributed by atoms with van der Waals surface area (Å²) in [6.07, 6.45) is 2.18. The second-order valence-electron chi connectivity index (χ2n) is 11.6. The minimum atomic E-state index is -1.30. The fraction of sp³-hybridized carbons (Fsp3) is 0.455. The fourth-order valence-corrected chi connectivity index (χ4v) is 6.18. The molecule has 3 heterocycles. The molecule has 5 rings (SSSR count). The topological polar surface area (TPSA) is 107 Å². The minimum absolute atomic E-state index is 0.201.